The molecular weight excluding hydrogens is 424 g/mol. The van der Waals surface area contributed by atoms with Crippen LogP contribution in [0.15, 0.2) is 30.3 Å². The molecule has 1 heterocycles. The molecule has 0 spiro atoms. The maximum Gasteiger partial charge on any atom is 0.322 e. The van der Waals surface area contributed by atoms with Crippen LogP contribution in [0.25, 0.3) is 0 Å². The Hall–Kier alpha value is -3.42. The van der Waals surface area contributed by atoms with Gasteiger partial charge in [0.1, 0.15) is 5.75 Å². The van der Waals surface area contributed by atoms with Gasteiger partial charge in [-0.15, -0.1) is 0 Å². The van der Waals surface area contributed by atoms with Crippen LogP contribution in [0.1, 0.15) is 43.0 Å². The molecule has 0 radical (unpaired) electrons. The highest BCUT2D eigenvalue weighted by Crippen LogP contribution is 2.40. The summed E-state index contributed by atoms with van der Waals surface area (Å²) in [6.45, 7) is 7.18. The average Bonchev–Trinajstić information content (AvgIpc) is 2.80. The molecule has 0 bridgehead atoms. The number of hydrogen-bond donors (Lipinski definition) is 1. The van der Waals surface area contributed by atoms with Gasteiger partial charge in [0.25, 0.3) is 0 Å². The standard InChI is InChI=1S/C25H32N2O6/c1-6-32-22-13-17-10-11-27(25(29)26-19-12-16(3)8-9-21(19)30-4)20(15-24(28)31-5)18(17)14-23(22)33-7-2/h8-9,12-14,20H,6-7,10-11,15H2,1-5H3,(H,26,29)/t20-/m0/s1. The number of carbonyl (C=O) groups is 2. The first-order chi connectivity index (χ1) is 15.9. The molecule has 1 aliphatic heterocycles. The number of hydrogen-bond acceptors (Lipinski definition) is 6. The highest BCUT2D eigenvalue weighted by molar-refractivity contribution is 5.92. The number of esters is 1. The highest BCUT2D eigenvalue weighted by Gasteiger charge is 2.34. The van der Waals surface area contributed by atoms with E-state index in [0.717, 1.165) is 16.7 Å². The van der Waals surface area contributed by atoms with Crippen molar-refractivity contribution in [2.75, 3.05) is 39.3 Å². The maximum atomic E-state index is 13.4. The summed E-state index contributed by atoms with van der Waals surface area (Å²) in [5, 5.41) is 2.95. The molecule has 1 atom stereocenters. The number of rotatable bonds is 8. The van der Waals surface area contributed by atoms with Gasteiger partial charge in [0, 0.05) is 6.54 Å². The Morgan fingerprint density at radius 1 is 1.03 bits per heavy atom. The Labute approximate surface area is 194 Å². The molecule has 2 amide bonds. The number of anilines is 1. The molecule has 8 nitrogen and oxygen atoms in total. The van der Waals surface area contributed by atoms with Gasteiger partial charge in [0.2, 0.25) is 0 Å². The summed E-state index contributed by atoms with van der Waals surface area (Å²) in [6.07, 6.45) is 0.652. The quantitative estimate of drug-likeness (QED) is 0.589. The normalized spacial score (nSPS) is 14.8. The molecule has 0 unspecified atom stereocenters. The number of aryl methyl sites for hydroxylation is 1. The molecule has 1 N–H and O–H groups in total. The van der Waals surface area contributed by atoms with Crippen LogP contribution in [0.2, 0.25) is 0 Å². The lowest BCUT2D eigenvalue weighted by Gasteiger charge is -2.37. The van der Waals surface area contributed by atoms with E-state index in [9.17, 15) is 9.59 Å². The molecular formula is C25H32N2O6. The largest absolute Gasteiger partial charge is 0.495 e. The number of ether oxygens (including phenoxy) is 4. The van der Waals surface area contributed by atoms with Crippen molar-refractivity contribution < 1.29 is 28.5 Å². The van der Waals surface area contributed by atoms with Gasteiger partial charge in [0.15, 0.2) is 11.5 Å². The van der Waals surface area contributed by atoms with Crippen LogP contribution in [0.3, 0.4) is 0 Å². The van der Waals surface area contributed by atoms with Crippen LogP contribution in [-0.4, -0.2) is 50.9 Å². The minimum absolute atomic E-state index is 0.0292. The second kappa shape index (κ2) is 10.9. The molecule has 0 saturated carbocycles. The number of urea groups is 1. The van der Waals surface area contributed by atoms with Gasteiger partial charge in [-0.1, -0.05) is 6.07 Å². The first-order valence-electron chi connectivity index (χ1n) is 11.1. The van der Waals surface area contributed by atoms with Gasteiger partial charge in [-0.3, -0.25) is 4.79 Å². The van der Waals surface area contributed by atoms with E-state index in [-0.39, 0.29) is 12.5 Å². The van der Waals surface area contributed by atoms with Crippen molar-refractivity contribution >= 4 is 17.7 Å². The molecule has 3 rings (SSSR count). The van der Waals surface area contributed by atoms with Crippen LogP contribution >= 0.6 is 0 Å². The van der Waals surface area contributed by atoms with E-state index in [0.29, 0.717) is 49.1 Å². The van der Waals surface area contributed by atoms with Crippen molar-refractivity contribution in [1.29, 1.82) is 0 Å². The number of fused-ring (bicyclic) bond motifs is 1. The van der Waals surface area contributed by atoms with Crippen LogP contribution in [0, 0.1) is 6.92 Å². The molecule has 0 aromatic heterocycles. The zero-order valence-electron chi connectivity index (χ0n) is 19.9. The van der Waals surface area contributed by atoms with E-state index in [1.54, 1.807) is 12.0 Å². The lowest BCUT2D eigenvalue weighted by atomic mass is 9.90. The first-order valence-corrected chi connectivity index (χ1v) is 11.1. The fourth-order valence-electron chi connectivity index (χ4n) is 4.06. The number of amides is 2. The second-order valence-electron chi connectivity index (χ2n) is 7.74. The SMILES string of the molecule is CCOc1cc2c(cc1OCC)[C@H](CC(=O)OC)N(C(=O)Nc1cc(C)ccc1OC)CC2. The number of carbonyl (C=O) groups excluding carboxylic acids is 2. The Morgan fingerprint density at radius 2 is 1.73 bits per heavy atom. The molecule has 2 aromatic rings. The van der Waals surface area contributed by atoms with E-state index >= 15 is 0 Å². The van der Waals surface area contributed by atoms with Gasteiger partial charge >= 0.3 is 12.0 Å². The molecule has 33 heavy (non-hydrogen) atoms. The third kappa shape index (κ3) is 5.50. The zero-order chi connectivity index (χ0) is 24.0. The van der Waals surface area contributed by atoms with Crippen LogP contribution < -0.4 is 19.5 Å². The minimum atomic E-state index is -0.508. The first kappa shape index (κ1) is 24.2. The number of nitrogens with one attached hydrogen (secondary N) is 1. The van der Waals surface area contributed by atoms with Gasteiger partial charge in [-0.25, -0.2) is 4.79 Å². The number of methoxy groups -OCH3 is 2. The Balaban J connectivity index is 1.98. The van der Waals surface area contributed by atoms with Gasteiger partial charge < -0.3 is 29.2 Å². The number of nitrogens with zero attached hydrogens (tertiary/aromatic N) is 1. The van der Waals surface area contributed by atoms with E-state index < -0.39 is 12.0 Å². The lowest BCUT2D eigenvalue weighted by molar-refractivity contribution is -0.141. The summed E-state index contributed by atoms with van der Waals surface area (Å²) in [5.74, 6) is 1.43. The predicted octanol–water partition coefficient (Wildman–Crippen LogP) is 4.50. The van der Waals surface area contributed by atoms with Crippen LogP contribution in [-0.2, 0) is 16.0 Å². The predicted molar refractivity (Wildman–Crippen MR) is 125 cm³/mol. The molecule has 0 fully saturated rings. The van der Waals surface area contributed by atoms with E-state index in [4.69, 9.17) is 18.9 Å². The zero-order valence-corrected chi connectivity index (χ0v) is 19.9. The summed E-state index contributed by atoms with van der Waals surface area (Å²) >= 11 is 0. The van der Waals surface area contributed by atoms with E-state index in [1.165, 1.54) is 7.11 Å². The van der Waals surface area contributed by atoms with Gasteiger partial charge in [0.05, 0.1) is 45.6 Å². The summed E-state index contributed by atoms with van der Waals surface area (Å²) in [5.41, 5.74) is 3.44. The van der Waals surface area contributed by atoms with Gasteiger partial charge in [-0.2, -0.15) is 0 Å². The summed E-state index contributed by atoms with van der Waals surface area (Å²) in [4.78, 5) is 27.3. The number of benzene rings is 2. The van der Waals surface area contributed by atoms with Crippen molar-refractivity contribution in [2.24, 2.45) is 0 Å². The Kier molecular flexibility index (Phi) is 8.03. The van der Waals surface area contributed by atoms with Gasteiger partial charge in [-0.05, 0) is 68.1 Å². The fraction of sp³-hybridized carbons (Fsp3) is 0.440. The molecule has 0 saturated heterocycles. The van der Waals surface area contributed by atoms with E-state index in [1.807, 2.05) is 51.1 Å². The molecule has 8 heteroatoms. The molecule has 178 valence electrons. The average molecular weight is 457 g/mol. The lowest BCUT2D eigenvalue weighted by Crippen LogP contribution is -2.43. The third-order valence-corrected chi connectivity index (χ3v) is 5.61. The van der Waals surface area contributed by atoms with Crippen LogP contribution in [0.5, 0.6) is 17.2 Å². The van der Waals surface area contributed by atoms with Crippen molar-refractivity contribution in [3.05, 3.63) is 47.0 Å². The smallest absolute Gasteiger partial charge is 0.322 e. The highest BCUT2D eigenvalue weighted by atomic mass is 16.5. The van der Waals surface area contributed by atoms with Crippen molar-refractivity contribution in [3.63, 3.8) is 0 Å². The summed E-state index contributed by atoms with van der Waals surface area (Å²) < 4.78 is 21.9. The maximum absolute atomic E-state index is 13.4. The third-order valence-electron chi connectivity index (χ3n) is 5.61. The Bertz CT molecular complexity index is 1010. The topological polar surface area (TPSA) is 86.3 Å². The monoisotopic (exact) mass is 456 g/mol. The van der Waals surface area contributed by atoms with E-state index in [2.05, 4.69) is 5.32 Å². The minimum Gasteiger partial charge on any atom is -0.495 e. The van der Waals surface area contributed by atoms with Crippen molar-refractivity contribution in [1.82, 2.24) is 4.90 Å². The summed E-state index contributed by atoms with van der Waals surface area (Å²) in [6, 6.07) is 8.59. The van der Waals surface area contributed by atoms with Crippen molar-refractivity contribution in [2.45, 2.75) is 39.7 Å². The van der Waals surface area contributed by atoms with Crippen LogP contribution in [0.4, 0.5) is 10.5 Å². The van der Waals surface area contributed by atoms with Crippen molar-refractivity contribution in [3.8, 4) is 17.2 Å². The molecule has 2 aromatic carbocycles. The molecule has 1 aliphatic rings. The fourth-order valence-corrected chi connectivity index (χ4v) is 4.06. The second-order valence-corrected chi connectivity index (χ2v) is 7.74. The summed E-state index contributed by atoms with van der Waals surface area (Å²) in [7, 11) is 2.90. The molecule has 0 aliphatic carbocycles. The Morgan fingerprint density at radius 3 is 2.36 bits per heavy atom.